The van der Waals surface area contributed by atoms with Crippen molar-refractivity contribution in [3.63, 3.8) is 0 Å². The van der Waals surface area contributed by atoms with E-state index in [2.05, 4.69) is 0 Å². The lowest BCUT2D eigenvalue weighted by Crippen LogP contribution is -2.29. The van der Waals surface area contributed by atoms with Gasteiger partial charge in [0.15, 0.2) is 0 Å². The molecule has 2 unspecified atom stereocenters. The highest BCUT2D eigenvalue weighted by molar-refractivity contribution is 5.34. The van der Waals surface area contributed by atoms with Crippen molar-refractivity contribution in [1.29, 1.82) is 0 Å². The van der Waals surface area contributed by atoms with Gasteiger partial charge in [-0.3, -0.25) is 0 Å². The van der Waals surface area contributed by atoms with E-state index in [0.29, 0.717) is 5.75 Å². The second kappa shape index (κ2) is 6.36. The van der Waals surface area contributed by atoms with Crippen LogP contribution in [0, 0.1) is 0 Å². The molecule has 2 rings (SSSR count). The third-order valence-electron chi connectivity index (χ3n) is 3.00. The van der Waals surface area contributed by atoms with E-state index in [4.69, 9.17) is 10.5 Å². The highest BCUT2D eigenvalue weighted by atomic mass is 16.5. The minimum Gasteiger partial charge on any atom is -0.484 e. The standard InChI is InChI=1S/C16H19NO2/c1-12(17)16(13-7-3-2-4-8-13)19-15-10-6-5-9-14(15)11-18/h2-10,12,16,18H,11,17H2,1H3. The second-order valence-electron chi connectivity index (χ2n) is 4.57. The fourth-order valence-corrected chi connectivity index (χ4v) is 2.01. The van der Waals surface area contributed by atoms with Gasteiger partial charge in [0.1, 0.15) is 11.9 Å². The van der Waals surface area contributed by atoms with Crippen LogP contribution in [0.1, 0.15) is 24.2 Å². The number of hydrogen-bond acceptors (Lipinski definition) is 3. The molecule has 0 heterocycles. The number of hydrogen-bond donors (Lipinski definition) is 2. The Bertz CT molecular complexity index is 511. The summed E-state index contributed by atoms with van der Waals surface area (Å²) in [6.07, 6.45) is -0.228. The molecule has 0 aliphatic heterocycles. The number of rotatable bonds is 5. The SMILES string of the molecule is CC(N)C(Oc1ccccc1CO)c1ccccc1. The van der Waals surface area contributed by atoms with Gasteiger partial charge in [0, 0.05) is 11.6 Å². The zero-order valence-electron chi connectivity index (χ0n) is 11.0. The van der Waals surface area contributed by atoms with Crippen molar-refractivity contribution in [3.8, 4) is 5.75 Å². The Morgan fingerprint density at radius 2 is 1.68 bits per heavy atom. The normalized spacial score (nSPS) is 13.8. The van der Waals surface area contributed by atoms with Crippen LogP contribution >= 0.6 is 0 Å². The van der Waals surface area contributed by atoms with Crippen molar-refractivity contribution in [2.45, 2.75) is 25.7 Å². The first-order valence-corrected chi connectivity index (χ1v) is 6.38. The summed E-state index contributed by atoms with van der Waals surface area (Å²) in [5.41, 5.74) is 7.82. The maximum atomic E-state index is 9.33. The summed E-state index contributed by atoms with van der Waals surface area (Å²) in [6, 6.07) is 17.2. The molecule has 0 aliphatic rings. The van der Waals surface area contributed by atoms with Crippen LogP contribution in [0.15, 0.2) is 54.6 Å². The zero-order valence-corrected chi connectivity index (χ0v) is 11.0. The quantitative estimate of drug-likeness (QED) is 0.865. The van der Waals surface area contributed by atoms with E-state index in [1.165, 1.54) is 0 Å². The van der Waals surface area contributed by atoms with Gasteiger partial charge in [0.2, 0.25) is 0 Å². The predicted octanol–water partition coefficient (Wildman–Crippen LogP) is 2.65. The molecule has 0 aromatic heterocycles. The summed E-state index contributed by atoms with van der Waals surface area (Å²) in [5.74, 6) is 0.677. The molecule has 100 valence electrons. The fourth-order valence-electron chi connectivity index (χ4n) is 2.01. The third kappa shape index (κ3) is 3.34. The molecule has 3 heteroatoms. The van der Waals surface area contributed by atoms with Gasteiger partial charge < -0.3 is 15.6 Å². The molecule has 2 atom stereocenters. The molecule has 0 bridgehead atoms. The van der Waals surface area contributed by atoms with Gasteiger partial charge in [-0.25, -0.2) is 0 Å². The third-order valence-corrected chi connectivity index (χ3v) is 3.00. The molecular formula is C16H19NO2. The summed E-state index contributed by atoms with van der Waals surface area (Å²) >= 11 is 0. The van der Waals surface area contributed by atoms with Gasteiger partial charge in [-0.15, -0.1) is 0 Å². The van der Waals surface area contributed by atoms with E-state index >= 15 is 0 Å². The highest BCUT2D eigenvalue weighted by Gasteiger charge is 2.19. The molecule has 0 saturated heterocycles. The molecule has 2 aromatic carbocycles. The first-order chi connectivity index (χ1) is 9.22. The minimum atomic E-state index is -0.228. The van der Waals surface area contributed by atoms with E-state index < -0.39 is 0 Å². The van der Waals surface area contributed by atoms with E-state index in [1.807, 2.05) is 61.5 Å². The summed E-state index contributed by atoms with van der Waals surface area (Å²) in [5, 5.41) is 9.33. The van der Waals surface area contributed by atoms with Crippen molar-refractivity contribution in [1.82, 2.24) is 0 Å². The van der Waals surface area contributed by atoms with Gasteiger partial charge in [0.25, 0.3) is 0 Å². The zero-order chi connectivity index (χ0) is 13.7. The average Bonchev–Trinajstić information content (AvgIpc) is 2.45. The Kier molecular flexibility index (Phi) is 4.55. The average molecular weight is 257 g/mol. The van der Waals surface area contributed by atoms with Gasteiger partial charge >= 0.3 is 0 Å². The van der Waals surface area contributed by atoms with Crippen molar-refractivity contribution < 1.29 is 9.84 Å². The van der Waals surface area contributed by atoms with Gasteiger partial charge in [-0.1, -0.05) is 48.5 Å². The van der Waals surface area contributed by atoms with E-state index in [-0.39, 0.29) is 18.8 Å². The van der Waals surface area contributed by atoms with E-state index in [1.54, 1.807) is 0 Å². The van der Waals surface area contributed by atoms with Gasteiger partial charge in [0.05, 0.1) is 6.61 Å². The molecule has 19 heavy (non-hydrogen) atoms. The second-order valence-corrected chi connectivity index (χ2v) is 4.57. The topological polar surface area (TPSA) is 55.5 Å². The van der Waals surface area contributed by atoms with E-state index in [0.717, 1.165) is 11.1 Å². The number of nitrogens with two attached hydrogens (primary N) is 1. The molecular weight excluding hydrogens is 238 g/mol. The monoisotopic (exact) mass is 257 g/mol. The van der Waals surface area contributed by atoms with Crippen LogP contribution in [0.3, 0.4) is 0 Å². The number of para-hydroxylation sites is 1. The molecule has 0 saturated carbocycles. The smallest absolute Gasteiger partial charge is 0.138 e. The molecule has 0 amide bonds. The Hall–Kier alpha value is -1.84. The first-order valence-electron chi connectivity index (χ1n) is 6.38. The Balaban J connectivity index is 2.27. The van der Waals surface area contributed by atoms with E-state index in [9.17, 15) is 5.11 Å². The van der Waals surface area contributed by atoms with Crippen LogP contribution < -0.4 is 10.5 Å². The van der Waals surface area contributed by atoms with Crippen LogP contribution in [-0.4, -0.2) is 11.1 Å². The summed E-state index contributed by atoms with van der Waals surface area (Å²) < 4.78 is 6.00. The maximum absolute atomic E-state index is 9.33. The largest absolute Gasteiger partial charge is 0.484 e. The fraction of sp³-hybridized carbons (Fsp3) is 0.250. The molecule has 3 N–H and O–H groups in total. The van der Waals surface area contributed by atoms with Crippen molar-refractivity contribution in [2.24, 2.45) is 5.73 Å². The van der Waals surface area contributed by atoms with Crippen molar-refractivity contribution in [2.75, 3.05) is 0 Å². The lowest BCUT2D eigenvalue weighted by atomic mass is 10.0. The number of aliphatic hydroxyl groups excluding tert-OH is 1. The van der Waals surface area contributed by atoms with Crippen LogP contribution in [0.4, 0.5) is 0 Å². The summed E-state index contributed by atoms with van der Waals surface area (Å²) in [6.45, 7) is 1.87. The molecule has 0 radical (unpaired) electrons. The molecule has 2 aromatic rings. The van der Waals surface area contributed by atoms with Crippen LogP contribution in [0.25, 0.3) is 0 Å². The summed E-state index contributed by atoms with van der Waals surface area (Å²) in [4.78, 5) is 0. The first kappa shape index (κ1) is 13.6. The van der Waals surface area contributed by atoms with Crippen molar-refractivity contribution in [3.05, 3.63) is 65.7 Å². The van der Waals surface area contributed by atoms with Crippen LogP contribution in [-0.2, 0) is 6.61 Å². The minimum absolute atomic E-state index is 0.0450. The Morgan fingerprint density at radius 3 is 2.32 bits per heavy atom. The van der Waals surface area contributed by atoms with Gasteiger partial charge in [-0.2, -0.15) is 0 Å². The number of benzene rings is 2. The number of aliphatic hydroxyl groups is 1. The maximum Gasteiger partial charge on any atom is 0.138 e. The molecule has 0 aliphatic carbocycles. The lowest BCUT2D eigenvalue weighted by molar-refractivity contribution is 0.173. The lowest BCUT2D eigenvalue weighted by Gasteiger charge is -2.24. The number of ether oxygens (including phenoxy) is 1. The molecule has 0 fully saturated rings. The molecule has 3 nitrogen and oxygen atoms in total. The Labute approximate surface area is 113 Å². The van der Waals surface area contributed by atoms with Crippen molar-refractivity contribution >= 4 is 0 Å². The molecule has 0 spiro atoms. The van der Waals surface area contributed by atoms with Crippen LogP contribution in [0.2, 0.25) is 0 Å². The van der Waals surface area contributed by atoms with Crippen LogP contribution in [0.5, 0.6) is 5.75 Å². The predicted molar refractivity (Wildman–Crippen MR) is 75.8 cm³/mol. The highest BCUT2D eigenvalue weighted by Crippen LogP contribution is 2.27. The van der Waals surface area contributed by atoms with Gasteiger partial charge in [-0.05, 0) is 18.6 Å². The Morgan fingerprint density at radius 1 is 1.05 bits per heavy atom. The summed E-state index contributed by atoms with van der Waals surface area (Å²) in [7, 11) is 0.